The van der Waals surface area contributed by atoms with Crippen LogP contribution in [-0.4, -0.2) is 7.85 Å². The molecule has 0 aliphatic carbocycles. The van der Waals surface area contributed by atoms with Crippen LogP contribution in [0.5, 0.6) is 0 Å². The van der Waals surface area contributed by atoms with E-state index in [4.69, 9.17) is 12.3 Å². The summed E-state index contributed by atoms with van der Waals surface area (Å²) in [5, 5.41) is 8.15. The zero-order valence-corrected chi connectivity index (χ0v) is 20.2. The van der Waals surface area contributed by atoms with Crippen LogP contribution in [0.1, 0.15) is 18.9 Å². The quantitative estimate of drug-likeness (QED) is 0.255. The van der Waals surface area contributed by atoms with Crippen LogP contribution in [0.3, 0.4) is 0 Å². The lowest BCUT2D eigenvalue weighted by atomic mass is 9.95. The minimum atomic E-state index is 0.648. The van der Waals surface area contributed by atoms with E-state index in [1.54, 1.807) is 0 Å². The second-order valence-corrected chi connectivity index (χ2v) is 9.07. The molecule has 1 aromatic heterocycles. The van der Waals surface area contributed by atoms with Gasteiger partial charge >= 0.3 is 0 Å². The Labute approximate surface area is 212 Å². The maximum atomic E-state index is 6.77. The number of para-hydroxylation sites is 5. The summed E-state index contributed by atoms with van der Waals surface area (Å²) in [6.45, 7) is 2.12. The normalized spacial score (nSPS) is 13.4. The molecule has 0 unspecified atom stereocenters. The minimum Gasteiger partial charge on any atom is -0.438 e. The van der Waals surface area contributed by atoms with Crippen LogP contribution in [0.2, 0.25) is 0 Å². The van der Waals surface area contributed by atoms with Gasteiger partial charge in [0.25, 0.3) is 0 Å². The van der Waals surface area contributed by atoms with Gasteiger partial charge in [0.05, 0.1) is 11.4 Å². The first-order valence-corrected chi connectivity index (χ1v) is 12.2. The molecule has 6 rings (SSSR count). The van der Waals surface area contributed by atoms with Gasteiger partial charge in [-0.15, -0.1) is 0 Å². The summed E-state index contributed by atoms with van der Waals surface area (Å²) in [6.07, 6.45) is 1.90. The molecule has 1 aliphatic heterocycles. The van der Waals surface area contributed by atoms with Gasteiger partial charge in [0.15, 0.2) is 0 Å². The van der Waals surface area contributed by atoms with Gasteiger partial charge in [0.1, 0.15) is 19.1 Å². The number of rotatable bonds is 5. The van der Waals surface area contributed by atoms with E-state index in [-0.39, 0.29) is 0 Å². The van der Waals surface area contributed by atoms with Crippen LogP contribution in [0.25, 0.3) is 11.0 Å². The Hall–Kier alpha value is -4.38. The Morgan fingerprint density at radius 3 is 2.28 bits per heavy atom. The van der Waals surface area contributed by atoms with Gasteiger partial charge in [0, 0.05) is 16.8 Å². The topological polar surface area (TPSA) is 40.4 Å². The summed E-state index contributed by atoms with van der Waals surface area (Å²) in [5.41, 5.74) is 8.89. The lowest BCUT2D eigenvalue weighted by Crippen LogP contribution is -2.19. The van der Waals surface area contributed by atoms with E-state index in [9.17, 15) is 0 Å². The molecule has 2 radical (unpaired) electrons. The Bertz CT molecular complexity index is 1570. The molecule has 0 bridgehead atoms. The summed E-state index contributed by atoms with van der Waals surface area (Å²) in [7, 11) is 6.77. The Kier molecular flexibility index (Phi) is 5.74. The molecule has 5 aromatic rings. The van der Waals surface area contributed by atoms with Crippen molar-refractivity contribution in [1.29, 1.82) is 0 Å². The Morgan fingerprint density at radius 2 is 1.42 bits per heavy atom. The molecule has 1 aliphatic rings. The summed E-state index contributed by atoms with van der Waals surface area (Å²) in [5.74, 6) is 0.648. The highest BCUT2D eigenvalue weighted by atomic mass is 16.4. The fraction of sp³-hybridized carbons (Fsp3) is 0.0968. The van der Waals surface area contributed by atoms with Crippen molar-refractivity contribution in [2.24, 2.45) is 0 Å². The van der Waals surface area contributed by atoms with Gasteiger partial charge in [0.2, 0.25) is 5.88 Å². The van der Waals surface area contributed by atoms with Crippen LogP contribution in [0.15, 0.2) is 119 Å². The number of anilines is 6. The number of benzene rings is 4. The summed E-state index contributed by atoms with van der Waals surface area (Å²) in [4.78, 5) is 2.16. The second kappa shape index (κ2) is 9.35. The van der Waals surface area contributed by atoms with E-state index in [1.807, 2.05) is 60.7 Å². The molecule has 0 amide bonds. The van der Waals surface area contributed by atoms with Gasteiger partial charge < -0.3 is 20.0 Å². The van der Waals surface area contributed by atoms with Crippen LogP contribution in [-0.2, 0) is 6.42 Å². The zero-order valence-electron chi connectivity index (χ0n) is 20.2. The molecule has 0 atom stereocenters. The first-order valence-electron chi connectivity index (χ1n) is 12.2. The highest BCUT2D eigenvalue weighted by Crippen LogP contribution is 2.44. The molecular weight excluding hydrogens is 441 g/mol. The number of furan rings is 1. The lowest BCUT2D eigenvalue weighted by molar-refractivity contribution is 0.635. The maximum Gasteiger partial charge on any atom is 0.222 e. The molecule has 2 heterocycles. The Morgan fingerprint density at radius 1 is 0.722 bits per heavy atom. The lowest BCUT2D eigenvalue weighted by Gasteiger charge is -2.30. The number of hydrogen-bond donors (Lipinski definition) is 2. The van der Waals surface area contributed by atoms with Crippen molar-refractivity contribution in [3.63, 3.8) is 0 Å². The van der Waals surface area contributed by atoms with Crippen LogP contribution in [0.4, 0.5) is 34.3 Å². The standard InChI is InChI=1S/C31H26BN3O/c1-21-19-20-22-11-5-8-16-26(22)35(30(21)32)27-17-9-7-15-25(27)34-31-29(33-23-12-3-2-4-13-23)24-14-6-10-18-28(24)36-31/h2-18,33-34H,19-20H2,1H3. The molecular formula is C31H26BN3O. The van der Waals surface area contributed by atoms with E-state index in [1.165, 1.54) is 11.1 Å². The van der Waals surface area contributed by atoms with Crippen molar-refractivity contribution in [3.8, 4) is 0 Å². The molecule has 5 heteroatoms. The average molecular weight is 467 g/mol. The smallest absolute Gasteiger partial charge is 0.222 e. The second-order valence-electron chi connectivity index (χ2n) is 9.07. The summed E-state index contributed by atoms with van der Waals surface area (Å²) < 4.78 is 6.32. The molecule has 0 saturated heterocycles. The van der Waals surface area contributed by atoms with Gasteiger partial charge in [-0.1, -0.05) is 66.2 Å². The fourth-order valence-corrected chi connectivity index (χ4v) is 4.79. The third-order valence-electron chi connectivity index (χ3n) is 6.71. The number of allylic oxidation sites excluding steroid dienone is 1. The van der Waals surface area contributed by atoms with Crippen molar-refractivity contribution in [2.45, 2.75) is 19.8 Å². The molecule has 4 nitrogen and oxygen atoms in total. The van der Waals surface area contributed by atoms with Crippen LogP contribution >= 0.6 is 0 Å². The molecule has 0 spiro atoms. The van der Waals surface area contributed by atoms with Gasteiger partial charge in [-0.25, -0.2) is 0 Å². The van der Waals surface area contributed by atoms with Gasteiger partial charge in [-0.3, -0.25) is 0 Å². The van der Waals surface area contributed by atoms with Crippen LogP contribution in [0, 0.1) is 0 Å². The van der Waals surface area contributed by atoms with E-state index in [0.717, 1.165) is 57.8 Å². The van der Waals surface area contributed by atoms with Crippen molar-refractivity contribution in [2.75, 3.05) is 15.5 Å². The number of nitrogens with zero attached hydrogens (tertiary/aromatic N) is 1. The van der Waals surface area contributed by atoms with E-state index in [0.29, 0.717) is 5.88 Å². The van der Waals surface area contributed by atoms with Gasteiger partial charge in [-0.05, 0) is 73.4 Å². The largest absolute Gasteiger partial charge is 0.438 e. The van der Waals surface area contributed by atoms with E-state index >= 15 is 0 Å². The molecule has 4 aromatic carbocycles. The Balaban J connectivity index is 1.47. The molecule has 174 valence electrons. The van der Waals surface area contributed by atoms with E-state index < -0.39 is 0 Å². The van der Waals surface area contributed by atoms with E-state index in [2.05, 4.69) is 64.9 Å². The van der Waals surface area contributed by atoms with Crippen molar-refractivity contribution in [3.05, 3.63) is 120 Å². The zero-order chi connectivity index (χ0) is 24.5. The first kappa shape index (κ1) is 22.1. The highest BCUT2D eigenvalue weighted by Gasteiger charge is 2.23. The van der Waals surface area contributed by atoms with Crippen molar-refractivity contribution in [1.82, 2.24) is 0 Å². The third kappa shape index (κ3) is 4.03. The highest BCUT2D eigenvalue weighted by molar-refractivity contribution is 6.25. The number of hydrogen-bond acceptors (Lipinski definition) is 4. The third-order valence-corrected chi connectivity index (χ3v) is 6.71. The number of nitrogens with one attached hydrogen (secondary N) is 2. The summed E-state index contributed by atoms with van der Waals surface area (Å²) in [6, 6.07) is 34.9. The molecule has 0 saturated carbocycles. The monoisotopic (exact) mass is 467 g/mol. The average Bonchev–Trinajstić information content (AvgIpc) is 3.19. The number of fused-ring (bicyclic) bond motifs is 2. The minimum absolute atomic E-state index is 0.648. The first-order chi connectivity index (χ1) is 17.7. The SMILES string of the molecule is [B]C1=C(C)CCc2ccccc2N1c1ccccc1Nc1oc2ccccc2c1Nc1ccccc1. The predicted molar refractivity (Wildman–Crippen MR) is 151 cm³/mol. The molecule has 2 N–H and O–H groups in total. The predicted octanol–water partition coefficient (Wildman–Crippen LogP) is 8.40. The van der Waals surface area contributed by atoms with Gasteiger partial charge in [-0.2, -0.15) is 0 Å². The van der Waals surface area contributed by atoms with Crippen molar-refractivity contribution >= 4 is 53.1 Å². The van der Waals surface area contributed by atoms with Crippen LogP contribution < -0.4 is 15.5 Å². The fourth-order valence-electron chi connectivity index (χ4n) is 4.79. The molecule has 36 heavy (non-hydrogen) atoms. The van der Waals surface area contributed by atoms with Crippen molar-refractivity contribution < 1.29 is 4.42 Å². The summed E-state index contributed by atoms with van der Waals surface area (Å²) >= 11 is 0. The maximum absolute atomic E-state index is 6.77. The number of aryl methyl sites for hydroxylation is 1. The molecule has 0 fully saturated rings.